The molecule has 0 aliphatic carbocycles. The Morgan fingerprint density at radius 1 is 1.21 bits per heavy atom. The molecule has 2 amide bonds. The number of nitrogens with zero attached hydrogens (tertiary/aromatic N) is 1. The smallest absolute Gasteiger partial charge is 0.222 e. The van der Waals surface area contributed by atoms with Crippen LogP contribution in [0.25, 0.3) is 0 Å². The zero-order valence-electron chi connectivity index (χ0n) is 11.9. The third-order valence-electron chi connectivity index (χ3n) is 3.67. The van der Waals surface area contributed by atoms with Crippen molar-refractivity contribution in [2.45, 2.75) is 45.4 Å². The molecule has 5 heteroatoms. The monoisotopic (exact) mass is 270 g/mol. The first-order chi connectivity index (χ1) is 9.13. The number of rotatable bonds is 7. The highest BCUT2D eigenvalue weighted by atomic mass is 16.3. The van der Waals surface area contributed by atoms with Crippen LogP contribution in [0.5, 0.6) is 0 Å². The molecule has 0 unspecified atom stereocenters. The van der Waals surface area contributed by atoms with Crippen LogP contribution in [-0.4, -0.2) is 48.1 Å². The molecule has 0 spiro atoms. The Kier molecular flexibility index (Phi) is 7.48. The first-order valence-corrected chi connectivity index (χ1v) is 7.26. The number of unbranched alkanes of at least 4 members (excludes halogenated alkanes) is 2. The number of aliphatic hydroxyl groups excluding tert-OH is 1. The minimum Gasteiger partial charge on any atom is -0.396 e. The maximum absolute atomic E-state index is 11.9. The van der Waals surface area contributed by atoms with E-state index in [2.05, 4.69) is 5.32 Å². The predicted molar refractivity (Wildman–Crippen MR) is 73.5 cm³/mol. The molecule has 1 saturated heterocycles. The molecule has 1 aliphatic rings. The van der Waals surface area contributed by atoms with Crippen LogP contribution in [0.4, 0.5) is 0 Å². The first-order valence-electron chi connectivity index (χ1n) is 7.26. The quantitative estimate of drug-likeness (QED) is 0.676. The third kappa shape index (κ3) is 6.57. The van der Waals surface area contributed by atoms with E-state index in [4.69, 9.17) is 5.11 Å². The number of carbonyl (C=O) groups excluding carboxylic acids is 2. The number of aliphatic hydroxyl groups is 1. The second-order valence-electron chi connectivity index (χ2n) is 5.30. The van der Waals surface area contributed by atoms with Crippen LogP contribution in [0, 0.1) is 5.92 Å². The average molecular weight is 270 g/mol. The Labute approximate surface area is 115 Å². The van der Waals surface area contributed by atoms with Gasteiger partial charge in [0.15, 0.2) is 0 Å². The topological polar surface area (TPSA) is 69.6 Å². The highest BCUT2D eigenvalue weighted by Gasteiger charge is 2.21. The van der Waals surface area contributed by atoms with Crippen molar-refractivity contribution in [3.63, 3.8) is 0 Å². The normalized spacial score (nSPS) is 16.4. The van der Waals surface area contributed by atoms with E-state index >= 15 is 0 Å². The molecule has 0 bridgehead atoms. The molecule has 0 aromatic carbocycles. The van der Waals surface area contributed by atoms with E-state index < -0.39 is 0 Å². The molecule has 0 saturated carbocycles. The van der Waals surface area contributed by atoms with Gasteiger partial charge in [-0.25, -0.2) is 0 Å². The van der Waals surface area contributed by atoms with Crippen LogP contribution >= 0.6 is 0 Å². The second-order valence-corrected chi connectivity index (χ2v) is 5.30. The fourth-order valence-electron chi connectivity index (χ4n) is 2.37. The van der Waals surface area contributed by atoms with E-state index in [0.29, 0.717) is 18.9 Å². The van der Waals surface area contributed by atoms with Crippen molar-refractivity contribution in [3.05, 3.63) is 0 Å². The summed E-state index contributed by atoms with van der Waals surface area (Å²) in [5.74, 6) is 0.612. The van der Waals surface area contributed by atoms with Crippen LogP contribution in [0.2, 0.25) is 0 Å². The summed E-state index contributed by atoms with van der Waals surface area (Å²) < 4.78 is 0. The molecule has 1 heterocycles. The Morgan fingerprint density at radius 3 is 2.47 bits per heavy atom. The molecule has 110 valence electrons. The number of carbonyl (C=O) groups is 2. The summed E-state index contributed by atoms with van der Waals surface area (Å²) in [5.41, 5.74) is 0. The van der Waals surface area contributed by atoms with Crippen molar-refractivity contribution in [3.8, 4) is 0 Å². The third-order valence-corrected chi connectivity index (χ3v) is 3.67. The summed E-state index contributed by atoms with van der Waals surface area (Å²) in [6.45, 7) is 4.03. The van der Waals surface area contributed by atoms with Gasteiger partial charge in [0.05, 0.1) is 0 Å². The van der Waals surface area contributed by atoms with Gasteiger partial charge in [0.25, 0.3) is 0 Å². The molecule has 19 heavy (non-hydrogen) atoms. The van der Waals surface area contributed by atoms with Crippen LogP contribution < -0.4 is 5.32 Å². The molecular weight excluding hydrogens is 244 g/mol. The Balaban J connectivity index is 2.03. The van der Waals surface area contributed by atoms with Gasteiger partial charge in [0, 0.05) is 39.6 Å². The number of piperidine rings is 1. The van der Waals surface area contributed by atoms with Crippen LogP contribution in [-0.2, 0) is 9.59 Å². The Bertz CT molecular complexity index is 286. The molecule has 0 atom stereocenters. The molecule has 1 rings (SSSR count). The lowest BCUT2D eigenvalue weighted by Crippen LogP contribution is -2.39. The van der Waals surface area contributed by atoms with Gasteiger partial charge in [-0.3, -0.25) is 9.59 Å². The zero-order valence-corrected chi connectivity index (χ0v) is 11.9. The van der Waals surface area contributed by atoms with Gasteiger partial charge in [0.1, 0.15) is 0 Å². The lowest BCUT2D eigenvalue weighted by atomic mass is 9.97. The lowest BCUT2D eigenvalue weighted by molar-refractivity contribution is -0.133. The van der Waals surface area contributed by atoms with Crippen LogP contribution in [0.1, 0.15) is 45.4 Å². The summed E-state index contributed by atoms with van der Waals surface area (Å²) >= 11 is 0. The van der Waals surface area contributed by atoms with Gasteiger partial charge in [-0.2, -0.15) is 0 Å². The maximum Gasteiger partial charge on any atom is 0.222 e. The number of hydrogen-bond acceptors (Lipinski definition) is 3. The molecule has 0 radical (unpaired) electrons. The average Bonchev–Trinajstić information content (AvgIpc) is 2.42. The van der Waals surface area contributed by atoms with E-state index in [1.54, 1.807) is 0 Å². The van der Waals surface area contributed by atoms with Crippen molar-refractivity contribution in [1.82, 2.24) is 10.2 Å². The van der Waals surface area contributed by atoms with Gasteiger partial charge in [-0.15, -0.1) is 0 Å². The van der Waals surface area contributed by atoms with Crippen molar-refractivity contribution in [1.29, 1.82) is 0 Å². The molecule has 5 nitrogen and oxygen atoms in total. The molecule has 2 N–H and O–H groups in total. The summed E-state index contributed by atoms with van der Waals surface area (Å²) in [6.07, 6.45) is 5.23. The summed E-state index contributed by atoms with van der Waals surface area (Å²) in [5, 5.41) is 11.8. The van der Waals surface area contributed by atoms with E-state index in [0.717, 1.165) is 45.2 Å². The summed E-state index contributed by atoms with van der Waals surface area (Å²) in [4.78, 5) is 24.5. The van der Waals surface area contributed by atoms with Gasteiger partial charge in [-0.1, -0.05) is 6.42 Å². The Morgan fingerprint density at radius 2 is 1.89 bits per heavy atom. The van der Waals surface area contributed by atoms with E-state index in [9.17, 15) is 9.59 Å². The number of hydrogen-bond donors (Lipinski definition) is 2. The van der Waals surface area contributed by atoms with Crippen molar-refractivity contribution in [2.75, 3.05) is 26.2 Å². The molecule has 0 aromatic rings. The first kappa shape index (κ1) is 16.0. The molecule has 1 fully saturated rings. The van der Waals surface area contributed by atoms with Gasteiger partial charge in [0.2, 0.25) is 11.8 Å². The lowest BCUT2D eigenvalue weighted by Gasteiger charge is -2.31. The minimum atomic E-state index is 0.00262. The SMILES string of the molecule is CC(=O)NCCCCCC(=O)N1CCC(CO)CC1. The van der Waals surface area contributed by atoms with Gasteiger partial charge >= 0.3 is 0 Å². The van der Waals surface area contributed by atoms with Crippen molar-refractivity contribution < 1.29 is 14.7 Å². The minimum absolute atomic E-state index is 0.00262. The standard InChI is InChI=1S/C14H26N2O3/c1-12(18)15-8-4-2-3-5-14(19)16-9-6-13(11-17)7-10-16/h13,17H,2-11H2,1H3,(H,15,18). The fraction of sp³-hybridized carbons (Fsp3) is 0.857. The highest BCUT2D eigenvalue weighted by Crippen LogP contribution is 2.17. The summed E-state index contributed by atoms with van der Waals surface area (Å²) in [7, 11) is 0. The number of amides is 2. The molecule has 1 aliphatic heterocycles. The van der Waals surface area contributed by atoms with E-state index in [1.165, 1.54) is 6.92 Å². The van der Waals surface area contributed by atoms with Crippen LogP contribution in [0.3, 0.4) is 0 Å². The second kappa shape index (κ2) is 8.91. The molecule has 0 aromatic heterocycles. The van der Waals surface area contributed by atoms with Gasteiger partial charge in [-0.05, 0) is 31.6 Å². The molecular formula is C14H26N2O3. The number of likely N-dealkylation sites (tertiary alicyclic amines) is 1. The Hall–Kier alpha value is -1.10. The van der Waals surface area contributed by atoms with Crippen LogP contribution in [0.15, 0.2) is 0 Å². The van der Waals surface area contributed by atoms with Crippen molar-refractivity contribution >= 4 is 11.8 Å². The highest BCUT2D eigenvalue weighted by molar-refractivity contribution is 5.76. The fourth-order valence-corrected chi connectivity index (χ4v) is 2.37. The summed E-state index contributed by atoms with van der Waals surface area (Å²) in [6, 6.07) is 0. The van der Waals surface area contributed by atoms with Crippen molar-refractivity contribution in [2.24, 2.45) is 5.92 Å². The predicted octanol–water partition coefficient (Wildman–Crippen LogP) is 0.914. The maximum atomic E-state index is 11.9. The zero-order chi connectivity index (χ0) is 14.1. The largest absolute Gasteiger partial charge is 0.396 e. The van der Waals surface area contributed by atoms with Gasteiger partial charge < -0.3 is 15.3 Å². The van der Waals surface area contributed by atoms with E-state index in [-0.39, 0.29) is 18.4 Å². The number of nitrogens with one attached hydrogen (secondary N) is 1. The van der Waals surface area contributed by atoms with E-state index in [1.807, 2.05) is 4.90 Å².